The average Bonchev–Trinajstić information content (AvgIpc) is 2.45. The molecule has 20 heavy (non-hydrogen) atoms. The smallest absolute Gasteiger partial charge is 0.157 e. The van der Waals surface area contributed by atoms with E-state index in [1.165, 1.54) is 0 Å². The zero-order valence-corrected chi connectivity index (χ0v) is 15.0. The second-order valence-electron chi connectivity index (χ2n) is 4.93. The monoisotopic (exact) mass is 306 g/mol. The van der Waals surface area contributed by atoms with Crippen molar-refractivity contribution in [2.75, 3.05) is 38.9 Å². The van der Waals surface area contributed by atoms with E-state index in [4.69, 9.17) is 18.9 Å². The van der Waals surface area contributed by atoms with Crippen LogP contribution in [0.25, 0.3) is 0 Å². The Bertz CT molecular complexity index is 177. The first kappa shape index (κ1) is 20.1. The Hall–Kier alpha value is 0.0569. The number of ether oxygens (including phenoxy) is 4. The van der Waals surface area contributed by atoms with Crippen molar-refractivity contribution in [3.8, 4) is 0 Å². The van der Waals surface area contributed by atoms with Crippen LogP contribution < -0.4 is 0 Å². The number of rotatable bonds is 15. The van der Waals surface area contributed by atoms with Gasteiger partial charge in [-0.1, -0.05) is 19.9 Å². The Labute approximate surface area is 126 Å². The van der Waals surface area contributed by atoms with Crippen molar-refractivity contribution in [2.24, 2.45) is 0 Å². The number of hydrogen-bond acceptors (Lipinski definition) is 4. The normalized spacial score (nSPS) is 11.7. The quantitative estimate of drug-likeness (QED) is 0.265. The fourth-order valence-electron chi connectivity index (χ4n) is 1.96. The molecule has 122 valence electrons. The molecular formula is C15H34O4Si. The summed E-state index contributed by atoms with van der Waals surface area (Å²) >= 11 is 0. The summed E-state index contributed by atoms with van der Waals surface area (Å²) in [6.45, 7) is 11.4. The topological polar surface area (TPSA) is 36.9 Å². The average molecular weight is 307 g/mol. The van der Waals surface area contributed by atoms with Crippen molar-refractivity contribution < 1.29 is 18.9 Å². The molecule has 0 heterocycles. The van der Waals surface area contributed by atoms with Gasteiger partial charge in [0, 0.05) is 38.9 Å². The van der Waals surface area contributed by atoms with E-state index in [9.17, 15) is 0 Å². The molecule has 0 unspecified atom stereocenters. The van der Waals surface area contributed by atoms with E-state index in [2.05, 4.69) is 13.8 Å². The summed E-state index contributed by atoms with van der Waals surface area (Å²) in [6, 6.07) is 1.15. The van der Waals surface area contributed by atoms with Crippen molar-refractivity contribution >= 4 is 8.80 Å². The molecule has 0 aromatic carbocycles. The van der Waals surface area contributed by atoms with Crippen LogP contribution in [0.2, 0.25) is 6.04 Å². The zero-order chi connectivity index (χ0) is 15.1. The van der Waals surface area contributed by atoms with Crippen LogP contribution in [0.15, 0.2) is 0 Å². The van der Waals surface area contributed by atoms with Crippen LogP contribution in [-0.4, -0.2) is 54.0 Å². The lowest BCUT2D eigenvalue weighted by Gasteiger charge is -2.20. The number of hydrogen-bond donors (Lipinski definition) is 0. The highest BCUT2D eigenvalue weighted by atomic mass is 28.3. The third kappa shape index (κ3) is 11.8. The van der Waals surface area contributed by atoms with E-state index in [0.717, 1.165) is 51.0 Å². The maximum absolute atomic E-state index is 5.73. The highest BCUT2D eigenvalue weighted by Crippen LogP contribution is 2.09. The van der Waals surface area contributed by atoms with Crippen LogP contribution in [-0.2, 0) is 18.9 Å². The Morgan fingerprint density at radius 2 is 1.30 bits per heavy atom. The summed E-state index contributed by atoms with van der Waals surface area (Å²) in [4.78, 5) is 0. The molecule has 0 saturated carbocycles. The van der Waals surface area contributed by atoms with E-state index in [1.807, 2.05) is 13.8 Å². The summed E-state index contributed by atoms with van der Waals surface area (Å²) in [6.07, 6.45) is 4.88. The van der Waals surface area contributed by atoms with E-state index >= 15 is 0 Å². The molecule has 0 bridgehead atoms. The largest absolute Gasteiger partial charge is 0.385 e. The lowest BCUT2D eigenvalue weighted by atomic mass is 10.4. The molecule has 0 aliphatic rings. The van der Waals surface area contributed by atoms with E-state index in [1.54, 1.807) is 0 Å². The Kier molecular flexibility index (Phi) is 15.5. The second-order valence-corrected chi connectivity index (χ2v) is 7.91. The summed E-state index contributed by atoms with van der Waals surface area (Å²) in [7, 11) is -1.01. The molecule has 0 N–H and O–H groups in total. The third-order valence-electron chi connectivity index (χ3n) is 2.92. The van der Waals surface area contributed by atoms with Crippen molar-refractivity contribution in [2.45, 2.75) is 59.3 Å². The summed E-state index contributed by atoms with van der Waals surface area (Å²) in [5, 5.41) is 0. The molecule has 0 aromatic rings. The van der Waals surface area contributed by atoms with Gasteiger partial charge in [0.1, 0.15) is 0 Å². The molecule has 0 rings (SSSR count). The van der Waals surface area contributed by atoms with E-state index in [0.29, 0.717) is 13.2 Å². The van der Waals surface area contributed by atoms with Crippen LogP contribution >= 0.6 is 0 Å². The van der Waals surface area contributed by atoms with Gasteiger partial charge in [0.15, 0.2) is 6.29 Å². The third-order valence-corrected chi connectivity index (χ3v) is 5.48. The Morgan fingerprint density at radius 1 is 0.800 bits per heavy atom. The first-order valence-electron chi connectivity index (χ1n) is 8.16. The first-order valence-corrected chi connectivity index (χ1v) is 10.6. The SMILES string of the molecule is CCCOC[SiH](CCC(OCC)OCC)COCCC. The Morgan fingerprint density at radius 3 is 1.70 bits per heavy atom. The van der Waals surface area contributed by atoms with Crippen LogP contribution in [0, 0.1) is 0 Å². The molecule has 0 atom stereocenters. The van der Waals surface area contributed by atoms with Gasteiger partial charge in [-0.2, -0.15) is 0 Å². The maximum atomic E-state index is 5.73. The minimum Gasteiger partial charge on any atom is -0.385 e. The van der Waals surface area contributed by atoms with Crippen LogP contribution in [0.4, 0.5) is 0 Å². The van der Waals surface area contributed by atoms with E-state index < -0.39 is 8.80 Å². The van der Waals surface area contributed by atoms with Gasteiger partial charge in [-0.25, -0.2) is 0 Å². The molecule has 0 fully saturated rings. The molecule has 0 amide bonds. The van der Waals surface area contributed by atoms with Gasteiger partial charge in [-0.3, -0.25) is 0 Å². The van der Waals surface area contributed by atoms with Crippen LogP contribution in [0.3, 0.4) is 0 Å². The molecule has 0 spiro atoms. The predicted octanol–water partition coefficient (Wildman–Crippen LogP) is 2.93. The molecule has 0 aromatic heterocycles. The molecule has 4 nitrogen and oxygen atoms in total. The highest BCUT2D eigenvalue weighted by molar-refractivity contribution is 6.58. The maximum Gasteiger partial charge on any atom is 0.157 e. The van der Waals surface area contributed by atoms with Crippen LogP contribution in [0.5, 0.6) is 0 Å². The zero-order valence-electron chi connectivity index (χ0n) is 13.9. The fraction of sp³-hybridized carbons (Fsp3) is 1.00. The van der Waals surface area contributed by atoms with Crippen molar-refractivity contribution in [3.63, 3.8) is 0 Å². The lowest BCUT2D eigenvalue weighted by Crippen LogP contribution is -2.30. The predicted molar refractivity (Wildman–Crippen MR) is 85.8 cm³/mol. The second kappa shape index (κ2) is 15.4. The molecule has 0 aliphatic carbocycles. The Balaban J connectivity index is 4.01. The first-order chi connectivity index (χ1) is 9.78. The molecule has 0 aliphatic heterocycles. The standard InChI is InChI=1S/C15H34O4Si/c1-5-10-16-13-20(14-17-11-6-2)12-9-15(18-7-3)19-8-4/h15,20H,5-14H2,1-4H3. The van der Waals surface area contributed by atoms with Gasteiger partial charge in [-0.15, -0.1) is 0 Å². The highest BCUT2D eigenvalue weighted by Gasteiger charge is 2.16. The van der Waals surface area contributed by atoms with Gasteiger partial charge in [-0.05, 0) is 33.1 Å². The van der Waals surface area contributed by atoms with Gasteiger partial charge in [0.05, 0.1) is 8.80 Å². The summed E-state index contributed by atoms with van der Waals surface area (Å²) in [5.41, 5.74) is 0. The molecule has 0 saturated heterocycles. The van der Waals surface area contributed by atoms with Gasteiger partial charge in [0.2, 0.25) is 0 Å². The fourth-order valence-corrected chi connectivity index (χ4v) is 4.13. The van der Waals surface area contributed by atoms with Crippen molar-refractivity contribution in [1.29, 1.82) is 0 Å². The van der Waals surface area contributed by atoms with Gasteiger partial charge < -0.3 is 18.9 Å². The molecular weight excluding hydrogens is 272 g/mol. The lowest BCUT2D eigenvalue weighted by molar-refractivity contribution is -0.136. The van der Waals surface area contributed by atoms with Crippen LogP contribution in [0.1, 0.15) is 47.0 Å². The molecule has 5 heteroatoms. The van der Waals surface area contributed by atoms with E-state index in [-0.39, 0.29) is 6.29 Å². The minimum atomic E-state index is -1.01. The molecule has 0 radical (unpaired) electrons. The van der Waals surface area contributed by atoms with Gasteiger partial charge in [0.25, 0.3) is 0 Å². The minimum absolute atomic E-state index is 0.0580. The summed E-state index contributed by atoms with van der Waals surface area (Å²) in [5.74, 6) is 0. The van der Waals surface area contributed by atoms with Gasteiger partial charge >= 0.3 is 0 Å². The van der Waals surface area contributed by atoms with Crippen molar-refractivity contribution in [1.82, 2.24) is 0 Å². The summed E-state index contributed by atoms with van der Waals surface area (Å²) < 4.78 is 22.7. The van der Waals surface area contributed by atoms with Crippen molar-refractivity contribution in [3.05, 3.63) is 0 Å².